The smallest absolute Gasteiger partial charge is 0.0791 e. The van der Waals surface area contributed by atoms with Crippen molar-refractivity contribution in [3.05, 3.63) is 86.2 Å². The van der Waals surface area contributed by atoms with Crippen LogP contribution in [0.5, 0.6) is 0 Å². The lowest BCUT2D eigenvalue weighted by Crippen LogP contribution is -2.27. The van der Waals surface area contributed by atoms with Crippen LogP contribution in [0, 0.1) is 0 Å². The maximum absolute atomic E-state index is 3.74. The molecule has 0 amide bonds. The molecule has 1 heterocycles. The SMILES string of the molecule is CC1=CCc2c3c(ccc2=C1)=C1C=CCCC1=CC3.c1cscn1. The van der Waals surface area contributed by atoms with Gasteiger partial charge < -0.3 is 0 Å². The van der Waals surface area contributed by atoms with Gasteiger partial charge in [0.05, 0.1) is 5.51 Å². The molecule has 0 atom stereocenters. The molecule has 0 saturated heterocycles. The Kier molecular flexibility index (Phi) is 4.31. The highest BCUT2D eigenvalue weighted by atomic mass is 32.1. The van der Waals surface area contributed by atoms with E-state index in [-0.39, 0.29) is 0 Å². The van der Waals surface area contributed by atoms with E-state index in [1.54, 1.807) is 39.7 Å². The summed E-state index contributed by atoms with van der Waals surface area (Å²) >= 11 is 1.60. The minimum absolute atomic E-state index is 1.10. The summed E-state index contributed by atoms with van der Waals surface area (Å²) in [4.78, 5) is 3.74. The first-order valence-corrected chi connectivity index (χ1v) is 9.49. The summed E-state index contributed by atoms with van der Waals surface area (Å²) in [7, 11) is 0. The second-order valence-corrected chi connectivity index (χ2v) is 7.18. The zero-order valence-electron chi connectivity index (χ0n) is 14.0. The number of hydrogen-bond acceptors (Lipinski definition) is 2. The minimum atomic E-state index is 1.10. The second kappa shape index (κ2) is 6.74. The molecular formula is C22H21NS. The number of allylic oxidation sites excluding steroid dienone is 6. The molecule has 2 aromatic rings. The first kappa shape index (κ1) is 15.3. The average molecular weight is 331 g/mol. The Morgan fingerprint density at radius 2 is 2.00 bits per heavy atom. The van der Waals surface area contributed by atoms with Gasteiger partial charge in [-0.1, -0.05) is 48.1 Å². The fourth-order valence-corrected chi connectivity index (χ4v) is 4.05. The van der Waals surface area contributed by atoms with E-state index in [1.807, 2.05) is 5.38 Å². The van der Waals surface area contributed by atoms with Crippen molar-refractivity contribution in [1.29, 1.82) is 0 Å². The van der Waals surface area contributed by atoms with Gasteiger partial charge in [-0.25, -0.2) is 0 Å². The van der Waals surface area contributed by atoms with Gasteiger partial charge in [0.2, 0.25) is 0 Å². The Balaban J connectivity index is 0.000000252. The van der Waals surface area contributed by atoms with Crippen LogP contribution in [0.4, 0.5) is 0 Å². The lowest BCUT2D eigenvalue weighted by atomic mass is 9.83. The molecule has 1 aromatic heterocycles. The van der Waals surface area contributed by atoms with Gasteiger partial charge in [0.15, 0.2) is 0 Å². The van der Waals surface area contributed by atoms with Gasteiger partial charge in [-0.05, 0) is 65.3 Å². The maximum Gasteiger partial charge on any atom is 0.0791 e. The molecule has 0 spiro atoms. The number of hydrogen-bond donors (Lipinski definition) is 0. The Bertz CT molecular complexity index is 939. The Morgan fingerprint density at radius 1 is 1.08 bits per heavy atom. The van der Waals surface area contributed by atoms with Crippen LogP contribution in [0.25, 0.3) is 11.6 Å². The van der Waals surface area contributed by atoms with Crippen molar-refractivity contribution < 1.29 is 0 Å². The lowest BCUT2D eigenvalue weighted by Gasteiger charge is -2.22. The number of fused-ring (bicyclic) bond motifs is 4. The van der Waals surface area contributed by atoms with Crippen molar-refractivity contribution in [1.82, 2.24) is 4.98 Å². The zero-order chi connectivity index (χ0) is 16.4. The number of aromatic nitrogens is 1. The molecule has 24 heavy (non-hydrogen) atoms. The third kappa shape index (κ3) is 2.94. The van der Waals surface area contributed by atoms with Gasteiger partial charge in [0.25, 0.3) is 0 Å². The van der Waals surface area contributed by atoms with Crippen molar-refractivity contribution >= 4 is 23.0 Å². The summed E-state index contributed by atoms with van der Waals surface area (Å²) in [5.41, 5.74) is 9.32. The molecule has 0 bridgehead atoms. The quantitative estimate of drug-likeness (QED) is 0.708. The molecule has 3 aliphatic carbocycles. The molecule has 0 radical (unpaired) electrons. The van der Waals surface area contributed by atoms with Gasteiger partial charge in [0.1, 0.15) is 0 Å². The number of thiazole rings is 1. The summed E-state index contributed by atoms with van der Waals surface area (Å²) in [5, 5.41) is 4.84. The van der Waals surface area contributed by atoms with Gasteiger partial charge in [0, 0.05) is 11.6 Å². The molecule has 0 N–H and O–H groups in total. The third-order valence-electron chi connectivity index (χ3n) is 4.88. The average Bonchev–Trinajstić information content (AvgIpc) is 3.21. The maximum atomic E-state index is 3.74. The number of benzene rings is 1. The van der Waals surface area contributed by atoms with Gasteiger partial charge in [-0.2, -0.15) is 0 Å². The highest BCUT2D eigenvalue weighted by molar-refractivity contribution is 7.07. The molecule has 0 saturated carbocycles. The van der Waals surface area contributed by atoms with Gasteiger partial charge >= 0.3 is 0 Å². The van der Waals surface area contributed by atoms with E-state index >= 15 is 0 Å². The highest BCUT2D eigenvalue weighted by Crippen LogP contribution is 2.27. The highest BCUT2D eigenvalue weighted by Gasteiger charge is 2.16. The fraction of sp³-hybridized carbons (Fsp3) is 0.227. The molecule has 0 unspecified atom stereocenters. The van der Waals surface area contributed by atoms with Crippen molar-refractivity contribution in [3.63, 3.8) is 0 Å². The number of nitrogens with zero attached hydrogens (tertiary/aromatic N) is 1. The van der Waals surface area contributed by atoms with E-state index in [1.165, 1.54) is 34.4 Å². The molecule has 2 heteroatoms. The van der Waals surface area contributed by atoms with Crippen LogP contribution in [0.2, 0.25) is 0 Å². The first-order chi connectivity index (χ1) is 11.8. The van der Waals surface area contributed by atoms with Crippen LogP contribution in [0.1, 0.15) is 30.9 Å². The summed E-state index contributed by atoms with van der Waals surface area (Å²) in [5.74, 6) is 0. The van der Waals surface area contributed by atoms with Crippen LogP contribution in [0.3, 0.4) is 0 Å². The normalized spacial score (nSPS) is 17.3. The monoisotopic (exact) mass is 331 g/mol. The van der Waals surface area contributed by atoms with Gasteiger partial charge in [-0.3, -0.25) is 4.98 Å². The first-order valence-electron chi connectivity index (χ1n) is 8.54. The molecular weight excluding hydrogens is 310 g/mol. The second-order valence-electron chi connectivity index (χ2n) is 6.42. The van der Waals surface area contributed by atoms with Crippen LogP contribution in [-0.2, 0) is 12.8 Å². The Labute approximate surface area is 147 Å². The lowest BCUT2D eigenvalue weighted by molar-refractivity contribution is 0.962. The van der Waals surface area contributed by atoms with Crippen LogP contribution >= 0.6 is 11.3 Å². The zero-order valence-corrected chi connectivity index (χ0v) is 14.8. The summed E-state index contributed by atoms with van der Waals surface area (Å²) < 4.78 is 0. The van der Waals surface area contributed by atoms with Crippen LogP contribution in [-0.4, -0.2) is 4.98 Å². The molecule has 5 rings (SSSR count). The van der Waals surface area contributed by atoms with Gasteiger partial charge in [-0.15, -0.1) is 11.3 Å². The van der Waals surface area contributed by atoms with E-state index in [0.717, 1.165) is 12.8 Å². The van der Waals surface area contributed by atoms with E-state index in [2.05, 4.69) is 54.4 Å². The topological polar surface area (TPSA) is 12.9 Å². The predicted octanol–water partition coefficient (Wildman–Crippen LogP) is 4.10. The van der Waals surface area contributed by atoms with E-state index in [9.17, 15) is 0 Å². The summed E-state index contributed by atoms with van der Waals surface area (Å²) in [6.45, 7) is 2.19. The summed E-state index contributed by atoms with van der Waals surface area (Å²) in [6.07, 6.45) is 18.2. The van der Waals surface area contributed by atoms with Crippen molar-refractivity contribution in [2.45, 2.75) is 32.6 Å². The van der Waals surface area contributed by atoms with Crippen LogP contribution in [0.15, 0.2) is 64.7 Å². The predicted molar refractivity (Wildman–Crippen MR) is 103 cm³/mol. The van der Waals surface area contributed by atoms with Crippen molar-refractivity contribution in [2.75, 3.05) is 0 Å². The third-order valence-corrected chi connectivity index (χ3v) is 5.40. The molecule has 1 aromatic carbocycles. The molecule has 3 aliphatic rings. The largest absolute Gasteiger partial charge is 0.253 e. The molecule has 0 fully saturated rings. The van der Waals surface area contributed by atoms with E-state index < -0.39 is 0 Å². The Hall–Kier alpha value is -2.19. The molecule has 120 valence electrons. The standard InChI is InChI=1S/C19H18.C3H3NS/c1-13-6-9-17-15(12-13)8-11-18-16-5-3-2-4-14(16)7-10-19(17)18;1-2-5-3-4-1/h3,5-8,11-12H,2,4,9-10H2,1H3;1-3H. The van der Waals surface area contributed by atoms with Crippen molar-refractivity contribution in [3.8, 4) is 0 Å². The van der Waals surface area contributed by atoms with Crippen molar-refractivity contribution in [2.24, 2.45) is 0 Å². The molecule has 0 aliphatic heterocycles. The molecule has 1 nitrogen and oxygen atoms in total. The van der Waals surface area contributed by atoms with E-state index in [4.69, 9.17) is 0 Å². The minimum Gasteiger partial charge on any atom is -0.253 e. The summed E-state index contributed by atoms with van der Waals surface area (Å²) in [6, 6.07) is 4.64. The number of rotatable bonds is 0. The van der Waals surface area contributed by atoms with E-state index in [0.29, 0.717) is 0 Å². The van der Waals surface area contributed by atoms with Crippen LogP contribution < -0.4 is 10.4 Å². The Morgan fingerprint density at radius 3 is 2.79 bits per heavy atom. The fourth-order valence-electron chi connectivity index (χ4n) is 3.70.